The molecule has 2 aliphatic heterocycles. The number of likely N-dealkylation sites (N-methyl/N-ethyl adjacent to an activating group) is 1. The minimum absolute atomic E-state index is 0.0356. The van der Waals surface area contributed by atoms with Crippen molar-refractivity contribution >= 4 is 46.4 Å². The molecule has 0 unspecified atom stereocenters. The molecule has 3 atom stereocenters. The van der Waals surface area contributed by atoms with Crippen LogP contribution in [0.15, 0.2) is 66.7 Å². The highest BCUT2D eigenvalue weighted by molar-refractivity contribution is 6.34. The zero-order valence-corrected chi connectivity index (χ0v) is 21.3. The third-order valence-electron chi connectivity index (χ3n) is 7.24. The lowest BCUT2D eigenvalue weighted by Crippen LogP contribution is -2.58. The van der Waals surface area contributed by atoms with Gasteiger partial charge >= 0.3 is 0 Å². The number of para-hydroxylation sites is 1. The van der Waals surface area contributed by atoms with Gasteiger partial charge in [-0.2, -0.15) is 0 Å². The summed E-state index contributed by atoms with van der Waals surface area (Å²) in [6.07, 6.45) is 0.796. The number of amides is 2. The smallest absolute Gasteiger partial charge is 0.279 e. The van der Waals surface area contributed by atoms with E-state index in [1.165, 1.54) is 5.56 Å². The van der Waals surface area contributed by atoms with E-state index < -0.39 is 0 Å². The van der Waals surface area contributed by atoms with E-state index in [9.17, 15) is 9.59 Å². The van der Waals surface area contributed by atoms with Crippen molar-refractivity contribution in [2.45, 2.75) is 25.3 Å². The van der Waals surface area contributed by atoms with Crippen LogP contribution in [0.1, 0.15) is 33.8 Å². The van der Waals surface area contributed by atoms with E-state index in [0.717, 1.165) is 30.8 Å². The highest BCUT2D eigenvalue weighted by atomic mass is 35.5. The van der Waals surface area contributed by atoms with E-state index in [2.05, 4.69) is 25.4 Å². The first kappa shape index (κ1) is 23.9. The highest BCUT2D eigenvalue weighted by Gasteiger charge is 2.49. The van der Waals surface area contributed by atoms with Gasteiger partial charge in [0, 0.05) is 12.1 Å². The van der Waals surface area contributed by atoms with Gasteiger partial charge in [-0.15, -0.1) is 0 Å². The standard InChI is InChI=1S/C28H27Cl2N3O2/c1-18-11-12-25-20(15-18)21-16-33(2,17-27(34)31-24-10-6-5-9-23(24)30)14-13-26(21)32(25)28(35)19-7-3-4-8-22(19)29/h3-12,15,21,26H,13-14,16-17H2,1-2H3/p+1/t21-,26-,33-/m0/s1. The molecule has 5 rings (SSSR count). The molecule has 35 heavy (non-hydrogen) atoms. The number of piperidine rings is 1. The summed E-state index contributed by atoms with van der Waals surface area (Å²) in [5.74, 6) is 0.00878. The Kier molecular flexibility index (Phi) is 6.34. The maximum Gasteiger partial charge on any atom is 0.279 e. The molecule has 5 nitrogen and oxygen atoms in total. The van der Waals surface area contributed by atoms with Crippen LogP contribution in [0.5, 0.6) is 0 Å². The normalized spacial score (nSPS) is 22.9. The molecule has 7 heteroatoms. The molecular formula is C28H28Cl2N3O2+. The van der Waals surface area contributed by atoms with Gasteiger partial charge in [0.05, 0.1) is 53.4 Å². The van der Waals surface area contributed by atoms with Gasteiger partial charge in [-0.25, -0.2) is 0 Å². The third kappa shape index (κ3) is 4.56. The number of aryl methyl sites for hydroxylation is 1. The second-order valence-corrected chi connectivity index (χ2v) is 10.7. The van der Waals surface area contributed by atoms with Crippen LogP contribution < -0.4 is 10.2 Å². The Hall–Kier alpha value is -2.86. The predicted octanol–water partition coefficient (Wildman–Crippen LogP) is 5.90. The Morgan fingerprint density at radius 2 is 1.74 bits per heavy atom. The fourth-order valence-electron chi connectivity index (χ4n) is 5.58. The van der Waals surface area contributed by atoms with Crippen molar-refractivity contribution in [1.82, 2.24) is 0 Å². The lowest BCUT2D eigenvalue weighted by atomic mass is 9.87. The Bertz CT molecular complexity index is 1310. The molecule has 3 aromatic carbocycles. The number of fused-ring (bicyclic) bond motifs is 3. The minimum Gasteiger partial charge on any atom is -0.320 e. The van der Waals surface area contributed by atoms with Crippen LogP contribution in [-0.2, 0) is 4.79 Å². The largest absolute Gasteiger partial charge is 0.320 e. The third-order valence-corrected chi connectivity index (χ3v) is 7.90. The summed E-state index contributed by atoms with van der Waals surface area (Å²) < 4.78 is 0.596. The summed E-state index contributed by atoms with van der Waals surface area (Å²) in [6, 6.07) is 20.8. The van der Waals surface area contributed by atoms with Crippen LogP contribution >= 0.6 is 23.2 Å². The van der Waals surface area contributed by atoms with Crippen molar-refractivity contribution in [3.8, 4) is 0 Å². The number of benzene rings is 3. The van der Waals surface area contributed by atoms with Gasteiger partial charge in [-0.3, -0.25) is 9.59 Å². The van der Waals surface area contributed by atoms with E-state index in [1.54, 1.807) is 24.3 Å². The lowest BCUT2D eigenvalue weighted by molar-refractivity contribution is -0.907. The maximum atomic E-state index is 13.7. The number of nitrogens with zero attached hydrogens (tertiary/aromatic N) is 2. The molecule has 0 saturated carbocycles. The van der Waals surface area contributed by atoms with Gasteiger partial charge in [-0.1, -0.05) is 65.2 Å². The number of hydrogen-bond acceptors (Lipinski definition) is 2. The van der Waals surface area contributed by atoms with Crippen LogP contribution in [0.3, 0.4) is 0 Å². The van der Waals surface area contributed by atoms with E-state index in [0.29, 0.717) is 32.3 Å². The molecule has 1 N–H and O–H groups in total. The fourth-order valence-corrected chi connectivity index (χ4v) is 5.98. The van der Waals surface area contributed by atoms with Crippen molar-refractivity contribution in [3.05, 3.63) is 93.5 Å². The van der Waals surface area contributed by atoms with Crippen LogP contribution in [0.25, 0.3) is 0 Å². The molecule has 3 aromatic rings. The average Bonchev–Trinajstić information content (AvgIpc) is 3.12. The zero-order valence-electron chi connectivity index (χ0n) is 19.8. The van der Waals surface area contributed by atoms with Crippen LogP contribution in [-0.4, -0.2) is 49.0 Å². The summed E-state index contributed by atoms with van der Waals surface area (Å²) in [4.78, 5) is 28.6. The first-order valence-corrected chi connectivity index (χ1v) is 12.6. The second kappa shape index (κ2) is 9.30. The minimum atomic E-state index is -0.0687. The number of halogens is 2. The molecule has 180 valence electrons. The zero-order chi connectivity index (χ0) is 24.7. The number of carbonyl (C=O) groups excluding carboxylic acids is 2. The molecule has 2 heterocycles. The quantitative estimate of drug-likeness (QED) is 0.445. The Labute approximate surface area is 215 Å². The van der Waals surface area contributed by atoms with Crippen molar-refractivity contribution in [3.63, 3.8) is 0 Å². The number of anilines is 2. The van der Waals surface area contributed by atoms with Crippen LogP contribution in [0.2, 0.25) is 10.0 Å². The number of carbonyl (C=O) groups is 2. The van der Waals surface area contributed by atoms with Crippen molar-refractivity contribution < 1.29 is 14.1 Å². The first-order chi connectivity index (χ1) is 16.8. The van der Waals surface area contributed by atoms with Crippen molar-refractivity contribution in [1.29, 1.82) is 0 Å². The number of hydrogen-bond donors (Lipinski definition) is 1. The summed E-state index contributed by atoms with van der Waals surface area (Å²) in [6.45, 7) is 3.97. The van der Waals surface area contributed by atoms with E-state index >= 15 is 0 Å². The number of rotatable bonds is 4. The molecule has 1 saturated heterocycles. The number of nitrogens with one attached hydrogen (secondary N) is 1. The first-order valence-electron chi connectivity index (χ1n) is 11.8. The van der Waals surface area contributed by atoms with Crippen LogP contribution in [0, 0.1) is 6.92 Å². The highest BCUT2D eigenvalue weighted by Crippen LogP contribution is 2.47. The average molecular weight is 509 g/mol. The van der Waals surface area contributed by atoms with Gasteiger partial charge in [0.25, 0.3) is 11.8 Å². The molecule has 0 bridgehead atoms. The van der Waals surface area contributed by atoms with Gasteiger partial charge in [0.15, 0.2) is 6.54 Å². The summed E-state index contributed by atoms with van der Waals surface area (Å²) in [7, 11) is 2.12. The molecular weight excluding hydrogens is 481 g/mol. The molecule has 2 amide bonds. The molecule has 2 aliphatic rings. The molecule has 1 fully saturated rings. The van der Waals surface area contributed by atoms with Gasteiger partial charge < -0.3 is 14.7 Å². The summed E-state index contributed by atoms with van der Waals surface area (Å²) in [5.41, 5.74) is 4.42. The van der Waals surface area contributed by atoms with Crippen LogP contribution in [0.4, 0.5) is 11.4 Å². The van der Waals surface area contributed by atoms with Gasteiger partial charge in [-0.05, 0) is 42.8 Å². The van der Waals surface area contributed by atoms with E-state index in [4.69, 9.17) is 23.2 Å². The molecule has 0 aliphatic carbocycles. The Morgan fingerprint density at radius 1 is 1.03 bits per heavy atom. The maximum absolute atomic E-state index is 13.7. The summed E-state index contributed by atoms with van der Waals surface area (Å²) in [5, 5.41) is 3.94. The van der Waals surface area contributed by atoms with Gasteiger partial charge in [0.1, 0.15) is 0 Å². The second-order valence-electron chi connectivity index (χ2n) is 9.89. The van der Waals surface area contributed by atoms with Crippen molar-refractivity contribution in [2.75, 3.05) is 36.9 Å². The fraction of sp³-hybridized carbons (Fsp3) is 0.286. The molecule has 0 aromatic heterocycles. The van der Waals surface area contributed by atoms with Crippen molar-refractivity contribution in [2.24, 2.45) is 0 Å². The van der Waals surface area contributed by atoms with E-state index in [1.807, 2.05) is 41.3 Å². The number of quaternary nitrogens is 1. The topological polar surface area (TPSA) is 49.4 Å². The molecule has 0 radical (unpaired) electrons. The molecule has 0 spiro atoms. The van der Waals surface area contributed by atoms with E-state index in [-0.39, 0.29) is 23.8 Å². The SMILES string of the molecule is Cc1ccc2c(c1)[C@@H]1C[N@@+](C)(CC(=O)Nc3ccccc3Cl)CC[C@@H]1N2C(=O)c1ccccc1Cl. The summed E-state index contributed by atoms with van der Waals surface area (Å²) >= 11 is 12.6. The Morgan fingerprint density at radius 3 is 2.49 bits per heavy atom. The number of likely N-dealkylation sites (tertiary alicyclic amines) is 1. The monoisotopic (exact) mass is 508 g/mol. The predicted molar refractivity (Wildman–Crippen MR) is 141 cm³/mol. The Balaban J connectivity index is 1.41. The van der Waals surface area contributed by atoms with Gasteiger partial charge in [0.2, 0.25) is 0 Å². The lowest BCUT2D eigenvalue weighted by Gasteiger charge is -2.44.